The molecule has 1 amide bonds. The van der Waals surface area contributed by atoms with Gasteiger partial charge in [0.1, 0.15) is 24.9 Å². The lowest BCUT2D eigenvalue weighted by Gasteiger charge is -2.40. The van der Waals surface area contributed by atoms with Crippen molar-refractivity contribution >= 4 is 5.91 Å². The van der Waals surface area contributed by atoms with E-state index < -0.39 is 30.0 Å². The zero-order valence-electron chi connectivity index (χ0n) is 21.7. The zero-order valence-corrected chi connectivity index (χ0v) is 21.7. The fourth-order valence-corrected chi connectivity index (χ4v) is 4.31. The normalized spacial score (nSPS) is 13.4. The van der Waals surface area contributed by atoms with E-state index >= 15 is 0 Å². The van der Waals surface area contributed by atoms with Crippen LogP contribution in [-0.2, 0) is 16.1 Å². The lowest BCUT2D eigenvalue weighted by molar-refractivity contribution is -0.140. The Hall–Kier alpha value is -3.37. The first-order valence-electron chi connectivity index (χ1n) is 12.1. The van der Waals surface area contributed by atoms with E-state index in [0.29, 0.717) is 22.8 Å². The second kappa shape index (κ2) is 12.2. The lowest BCUT2D eigenvalue weighted by Crippen LogP contribution is -2.45. The van der Waals surface area contributed by atoms with Crippen LogP contribution in [0.2, 0.25) is 0 Å². The molecule has 200 valence electrons. The maximum absolute atomic E-state index is 14.0. The zero-order chi connectivity index (χ0) is 27.2. The summed E-state index contributed by atoms with van der Waals surface area (Å²) in [5, 5.41) is 0. The molecule has 0 aliphatic heterocycles. The molecule has 3 rings (SSSR count). The molecule has 0 spiro atoms. The van der Waals surface area contributed by atoms with Crippen molar-refractivity contribution in [3.05, 3.63) is 76.4 Å². The molecule has 0 bridgehead atoms. The van der Waals surface area contributed by atoms with E-state index in [1.165, 1.54) is 25.3 Å². The molecule has 0 aliphatic rings. The van der Waals surface area contributed by atoms with Crippen LogP contribution in [0, 0.1) is 11.2 Å². The van der Waals surface area contributed by atoms with Crippen molar-refractivity contribution in [2.24, 2.45) is 11.1 Å². The van der Waals surface area contributed by atoms with Crippen LogP contribution in [0.5, 0.6) is 0 Å². The summed E-state index contributed by atoms with van der Waals surface area (Å²) in [6.45, 7) is 5.52. The highest BCUT2D eigenvalue weighted by molar-refractivity contribution is 5.78. The first-order chi connectivity index (χ1) is 17.5. The smallest absolute Gasteiger partial charge is 0.249 e. The highest BCUT2D eigenvalue weighted by Gasteiger charge is 2.38. The summed E-state index contributed by atoms with van der Waals surface area (Å²) < 4.78 is 34.2. The van der Waals surface area contributed by atoms with Crippen LogP contribution < -0.4 is 11.3 Å². The average molecular weight is 516 g/mol. The molecule has 0 saturated heterocycles. The Labute approximate surface area is 215 Å². The third kappa shape index (κ3) is 7.33. The van der Waals surface area contributed by atoms with E-state index in [0.717, 1.165) is 0 Å². The highest BCUT2D eigenvalue weighted by Crippen LogP contribution is 2.39. The van der Waals surface area contributed by atoms with E-state index in [1.807, 2.05) is 25.3 Å². The number of halogens is 2. The molecular formula is C27H35F2N5O3. The van der Waals surface area contributed by atoms with Gasteiger partial charge < -0.3 is 24.9 Å². The van der Waals surface area contributed by atoms with Gasteiger partial charge in [-0.25, -0.2) is 13.8 Å². The van der Waals surface area contributed by atoms with Crippen LogP contribution in [0.25, 0.3) is 11.3 Å². The summed E-state index contributed by atoms with van der Waals surface area (Å²) in [6, 6.07) is 9.69. The number of aromatic nitrogens is 3. The summed E-state index contributed by atoms with van der Waals surface area (Å²) >= 11 is 0. The van der Waals surface area contributed by atoms with Crippen molar-refractivity contribution in [3.8, 4) is 11.3 Å². The molecule has 3 N–H and O–H groups in total. The van der Waals surface area contributed by atoms with Gasteiger partial charge in [0.2, 0.25) is 11.5 Å². The number of benzene rings is 1. The van der Waals surface area contributed by atoms with Gasteiger partial charge in [-0.1, -0.05) is 39.0 Å². The van der Waals surface area contributed by atoms with Crippen molar-refractivity contribution in [2.45, 2.75) is 45.8 Å². The third-order valence-corrected chi connectivity index (χ3v) is 6.00. The molecule has 2 atom stereocenters. The number of ether oxygens (including phenoxy) is 1. The first-order valence-corrected chi connectivity index (χ1v) is 12.1. The van der Waals surface area contributed by atoms with E-state index in [2.05, 4.69) is 4.98 Å². The van der Waals surface area contributed by atoms with Gasteiger partial charge in [-0.2, -0.15) is 0 Å². The van der Waals surface area contributed by atoms with Crippen molar-refractivity contribution in [3.63, 3.8) is 0 Å². The number of hydrogen-bond donors (Lipinski definition) is 2. The van der Waals surface area contributed by atoms with Gasteiger partial charge in [0.25, 0.3) is 0 Å². The summed E-state index contributed by atoms with van der Waals surface area (Å²) in [7, 11) is 1.43. The molecule has 0 fully saturated rings. The van der Waals surface area contributed by atoms with Gasteiger partial charge in [0.15, 0.2) is 0 Å². The molecule has 2 heterocycles. The number of aromatic amines is 1. The number of nitrogens with zero attached hydrogens (tertiary/aromatic N) is 3. The predicted octanol–water partition coefficient (Wildman–Crippen LogP) is 3.67. The molecule has 8 nitrogen and oxygen atoms in total. The number of carbonyl (C=O) groups is 1. The Morgan fingerprint density at radius 3 is 2.59 bits per heavy atom. The lowest BCUT2D eigenvalue weighted by atomic mass is 9.84. The number of imidazole rings is 1. The summed E-state index contributed by atoms with van der Waals surface area (Å²) in [5.41, 5.74) is 6.82. The summed E-state index contributed by atoms with van der Waals surface area (Å²) in [6.07, 6.45) is 2.03. The number of amides is 1. The Morgan fingerprint density at radius 2 is 1.97 bits per heavy atom. The second-order valence-corrected chi connectivity index (χ2v) is 10.2. The van der Waals surface area contributed by atoms with Crippen LogP contribution in [0.15, 0.2) is 53.5 Å². The van der Waals surface area contributed by atoms with Crippen molar-refractivity contribution in [1.82, 2.24) is 19.4 Å². The number of nitrogens with one attached hydrogen (secondary N) is 1. The molecule has 2 aromatic heterocycles. The SMILES string of the molecule is COCC(=O)N(CC[C@H](N)CF)[C@@H](c1nc(-c2cccc(F)c2)cn1Cc1cccc(=O)[nH]1)C(C)(C)C. The minimum Gasteiger partial charge on any atom is -0.375 e. The van der Waals surface area contributed by atoms with E-state index in [1.54, 1.807) is 35.4 Å². The second-order valence-electron chi connectivity index (χ2n) is 10.2. The predicted molar refractivity (Wildman–Crippen MR) is 138 cm³/mol. The fraction of sp³-hybridized carbons (Fsp3) is 0.444. The molecule has 0 unspecified atom stereocenters. The number of methoxy groups -OCH3 is 1. The van der Waals surface area contributed by atoms with Crippen LogP contribution in [0.4, 0.5) is 8.78 Å². The minimum atomic E-state index is -0.713. The highest BCUT2D eigenvalue weighted by atomic mass is 19.1. The van der Waals surface area contributed by atoms with E-state index in [9.17, 15) is 18.4 Å². The van der Waals surface area contributed by atoms with Crippen LogP contribution in [0.3, 0.4) is 0 Å². The average Bonchev–Trinajstić information content (AvgIpc) is 3.23. The largest absolute Gasteiger partial charge is 0.375 e. The molecule has 37 heavy (non-hydrogen) atoms. The van der Waals surface area contributed by atoms with E-state index in [4.69, 9.17) is 15.5 Å². The number of rotatable bonds is 11. The van der Waals surface area contributed by atoms with Gasteiger partial charge >= 0.3 is 0 Å². The molecular weight excluding hydrogens is 480 g/mol. The number of H-pyrrole nitrogens is 1. The molecule has 0 saturated carbocycles. The quantitative estimate of drug-likeness (QED) is 0.405. The fourth-order valence-electron chi connectivity index (χ4n) is 4.31. The third-order valence-electron chi connectivity index (χ3n) is 6.00. The molecule has 3 aromatic rings. The standard InChI is InChI=1S/C27H35F2N5O3/c1-27(2,3)25(34(24(36)17-37-4)12-11-20(30)14-28)26-32-22(18-7-5-8-19(29)13-18)16-33(26)15-21-9-6-10-23(35)31-21/h5-10,13,16,20,25H,11-12,14-15,17,30H2,1-4H3,(H,31,35)/t20-,25-/m0/s1. The summed E-state index contributed by atoms with van der Waals surface area (Å²) in [5.74, 6) is -0.149. The van der Waals surface area contributed by atoms with E-state index in [-0.39, 0.29) is 37.6 Å². The van der Waals surface area contributed by atoms with Gasteiger partial charge in [0, 0.05) is 43.2 Å². The molecule has 0 radical (unpaired) electrons. The minimum absolute atomic E-state index is 0.166. The number of nitrogens with two attached hydrogens (primary N) is 1. The Kier molecular flexibility index (Phi) is 9.34. The van der Waals surface area contributed by atoms with Crippen LogP contribution >= 0.6 is 0 Å². The Bertz CT molecular complexity index is 1250. The Balaban J connectivity index is 2.18. The Morgan fingerprint density at radius 1 is 1.24 bits per heavy atom. The van der Waals surface area contributed by atoms with Crippen LogP contribution in [0.1, 0.15) is 44.8 Å². The van der Waals surface area contributed by atoms with Gasteiger partial charge in [-0.3, -0.25) is 9.59 Å². The molecule has 0 aliphatic carbocycles. The maximum Gasteiger partial charge on any atom is 0.249 e. The van der Waals surface area contributed by atoms with Gasteiger partial charge in [-0.15, -0.1) is 0 Å². The number of pyridine rings is 1. The van der Waals surface area contributed by atoms with Crippen molar-refractivity contribution < 1.29 is 18.3 Å². The number of hydrogen-bond acceptors (Lipinski definition) is 5. The first kappa shape index (κ1) is 28.2. The van der Waals surface area contributed by atoms with Gasteiger partial charge in [-0.05, 0) is 30.0 Å². The monoisotopic (exact) mass is 515 g/mol. The number of carbonyl (C=O) groups excluding carboxylic acids is 1. The maximum atomic E-state index is 14.0. The molecule has 1 aromatic carbocycles. The van der Waals surface area contributed by atoms with Crippen molar-refractivity contribution in [2.75, 3.05) is 26.9 Å². The number of alkyl halides is 1. The van der Waals surface area contributed by atoms with Crippen LogP contribution in [-0.4, -0.2) is 58.3 Å². The van der Waals surface area contributed by atoms with Crippen molar-refractivity contribution in [1.29, 1.82) is 0 Å². The topological polar surface area (TPSA) is 106 Å². The molecule has 10 heteroatoms. The van der Waals surface area contributed by atoms with Gasteiger partial charge in [0.05, 0.1) is 18.3 Å². The summed E-state index contributed by atoms with van der Waals surface area (Å²) in [4.78, 5) is 34.5.